The number of hydrogen-bond acceptors (Lipinski definition) is 2. The molecule has 0 aliphatic rings. The zero-order valence-corrected chi connectivity index (χ0v) is 9.81. The van der Waals surface area contributed by atoms with Gasteiger partial charge in [-0.3, -0.25) is 0 Å². The Labute approximate surface area is 94.6 Å². The molecular weight excluding hydrogens is 219 g/mol. The van der Waals surface area contributed by atoms with E-state index >= 15 is 0 Å². The Morgan fingerprint density at radius 1 is 1.36 bits per heavy atom. The lowest BCUT2D eigenvalue weighted by atomic mass is 10.2. The maximum Gasteiger partial charge on any atom is 0.0745 e. The van der Waals surface area contributed by atoms with E-state index in [1.54, 1.807) is 0 Å². The Bertz CT molecular complexity index is 295. The molecule has 1 unspecified atom stereocenters. The van der Waals surface area contributed by atoms with Crippen LogP contribution in [0.25, 0.3) is 0 Å². The number of anilines is 1. The van der Waals surface area contributed by atoms with Gasteiger partial charge in [-0.15, -0.1) is 0 Å². The van der Waals surface area contributed by atoms with Crippen molar-refractivity contribution in [2.45, 2.75) is 13.0 Å². The summed E-state index contributed by atoms with van der Waals surface area (Å²) >= 11 is 12.1. The number of nitrogens with zero attached hydrogens (tertiary/aromatic N) is 1. The summed E-state index contributed by atoms with van der Waals surface area (Å²) in [4.78, 5) is 1.99. The minimum absolute atomic E-state index is 0.215. The zero-order valence-electron chi connectivity index (χ0n) is 8.30. The average molecular weight is 233 g/mol. The molecule has 1 atom stereocenters. The molecule has 0 amide bonds. The summed E-state index contributed by atoms with van der Waals surface area (Å²) in [5.74, 6) is 0. The molecule has 0 aromatic heterocycles. The summed E-state index contributed by atoms with van der Waals surface area (Å²) in [6, 6.07) is 5.69. The molecule has 2 nitrogen and oxygen atoms in total. The van der Waals surface area contributed by atoms with Crippen LogP contribution in [0.3, 0.4) is 0 Å². The topological polar surface area (TPSA) is 29.3 Å². The fourth-order valence-electron chi connectivity index (χ4n) is 1.20. The lowest BCUT2D eigenvalue weighted by Gasteiger charge is -2.27. The molecule has 0 aliphatic carbocycles. The van der Waals surface area contributed by atoms with Crippen molar-refractivity contribution in [1.82, 2.24) is 0 Å². The minimum atomic E-state index is 0.215. The third-order valence-corrected chi connectivity index (χ3v) is 2.90. The molecule has 1 aromatic rings. The van der Waals surface area contributed by atoms with Gasteiger partial charge in [-0.1, -0.05) is 29.3 Å². The molecule has 1 aromatic carbocycles. The number of likely N-dealkylation sites (N-methyl/N-ethyl adjacent to an activating group) is 1. The highest BCUT2D eigenvalue weighted by Crippen LogP contribution is 2.33. The van der Waals surface area contributed by atoms with E-state index in [4.69, 9.17) is 28.9 Å². The van der Waals surface area contributed by atoms with Crippen LogP contribution in [0.2, 0.25) is 10.0 Å². The Balaban J connectivity index is 3.05. The number of halogens is 2. The highest BCUT2D eigenvalue weighted by atomic mass is 35.5. The second kappa shape index (κ2) is 4.87. The Hall–Kier alpha value is -0.440. The van der Waals surface area contributed by atoms with Gasteiger partial charge in [0.2, 0.25) is 0 Å². The highest BCUT2D eigenvalue weighted by Gasteiger charge is 2.14. The number of benzene rings is 1. The fraction of sp³-hybridized carbons (Fsp3) is 0.400. The predicted molar refractivity (Wildman–Crippen MR) is 63.4 cm³/mol. The zero-order chi connectivity index (χ0) is 10.7. The summed E-state index contributed by atoms with van der Waals surface area (Å²) in [5.41, 5.74) is 6.42. The van der Waals surface area contributed by atoms with Crippen LogP contribution < -0.4 is 10.6 Å². The van der Waals surface area contributed by atoms with Crippen LogP contribution in [0.4, 0.5) is 5.69 Å². The van der Waals surface area contributed by atoms with E-state index in [0.29, 0.717) is 16.6 Å². The quantitative estimate of drug-likeness (QED) is 0.869. The summed E-state index contributed by atoms with van der Waals surface area (Å²) in [7, 11) is 1.94. The van der Waals surface area contributed by atoms with Crippen LogP contribution in [0.5, 0.6) is 0 Å². The van der Waals surface area contributed by atoms with Crippen LogP contribution in [0.15, 0.2) is 18.2 Å². The van der Waals surface area contributed by atoms with Crippen molar-refractivity contribution in [3.05, 3.63) is 28.2 Å². The maximum absolute atomic E-state index is 6.06. The molecule has 0 saturated carbocycles. The predicted octanol–water partition coefficient (Wildman–Crippen LogP) is 2.78. The molecule has 78 valence electrons. The summed E-state index contributed by atoms with van der Waals surface area (Å²) < 4.78 is 0. The van der Waals surface area contributed by atoms with E-state index < -0.39 is 0 Å². The molecular formula is C10H14Cl2N2. The van der Waals surface area contributed by atoms with Crippen molar-refractivity contribution >= 4 is 28.9 Å². The molecule has 0 aliphatic heterocycles. The lowest BCUT2D eigenvalue weighted by Crippen LogP contribution is -2.35. The molecule has 0 spiro atoms. The first kappa shape index (κ1) is 11.6. The van der Waals surface area contributed by atoms with Crippen molar-refractivity contribution in [2.75, 3.05) is 18.5 Å². The van der Waals surface area contributed by atoms with Crippen molar-refractivity contribution in [3.8, 4) is 0 Å². The highest BCUT2D eigenvalue weighted by molar-refractivity contribution is 6.39. The molecule has 0 fully saturated rings. The maximum atomic E-state index is 6.06. The molecule has 0 bridgehead atoms. The Morgan fingerprint density at radius 2 is 1.86 bits per heavy atom. The molecule has 0 heterocycles. The first-order chi connectivity index (χ1) is 6.57. The number of nitrogens with two attached hydrogens (primary N) is 1. The molecule has 4 heteroatoms. The van der Waals surface area contributed by atoms with Gasteiger partial charge in [0.25, 0.3) is 0 Å². The second-order valence-corrected chi connectivity index (χ2v) is 4.08. The Kier molecular flexibility index (Phi) is 4.05. The molecule has 0 saturated heterocycles. The van der Waals surface area contributed by atoms with Gasteiger partial charge in [0, 0.05) is 19.6 Å². The van der Waals surface area contributed by atoms with Gasteiger partial charge in [-0.25, -0.2) is 0 Å². The van der Waals surface area contributed by atoms with Crippen LogP contribution >= 0.6 is 23.2 Å². The van der Waals surface area contributed by atoms with Crippen LogP contribution in [-0.4, -0.2) is 19.6 Å². The smallest absolute Gasteiger partial charge is 0.0745 e. The van der Waals surface area contributed by atoms with Gasteiger partial charge in [0.1, 0.15) is 0 Å². The van der Waals surface area contributed by atoms with E-state index in [-0.39, 0.29) is 6.04 Å². The third kappa shape index (κ3) is 2.32. The van der Waals surface area contributed by atoms with E-state index in [9.17, 15) is 0 Å². The monoisotopic (exact) mass is 232 g/mol. The van der Waals surface area contributed by atoms with Crippen molar-refractivity contribution in [2.24, 2.45) is 5.73 Å². The summed E-state index contributed by atoms with van der Waals surface area (Å²) in [6.07, 6.45) is 0. The fourth-order valence-corrected chi connectivity index (χ4v) is 1.87. The first-order valence-electron chi connectivity index (χ1n) is 4.44. The molecule has 2 N–H and O–H groups in total. The summed E-state index contributed by atoms with van der Waals surface area (Å²) in [5, 5.41) is 1.31. The van der Waals surface area contributed by atoms with Gasteiger partial charge in [-0.05, 0) is 19.1 Å². The molecule has 1 rings (SSSR count). The largest absolute Gasteiger partial charge is 0.368 e. The van der Waals surface area contributed by atoms with Crippen LogP contribution in [0, 0.1) is 0 Å². The average Bonchev–Trinajstić information content (AvgIpc) is 2.16. The number of rotatable bonds is 3. The van der Waals surface area contributed by atoms with Crippen LogP contribution in [-0.2, 0) is 0 Å². The summed E-state index contributed by atoms with van der Waals surface area (Å²) in [6.45, 7) is 2.59. The van der Waals surface area contributed by atoms with Crippen molar-refractivity contribution in [3.63, 3.8) is 0 Å². The number of hydrogen-bond donors (Lipinski definition) is 1. The van der Waals surface area contributed by atoms with Crippen molar-refractivity contribution < 1.29 is 0 Å². The number of para-hydroxylation sites is 1. The van der Waals surface area contributed by atoms with Crippen molar-refractivity contribution in [1.29, 1.82) is 0 Å². The van der Waals surface area contributed by atoms with Gasteiger partial charge >= 0.3 is 0 Å². The Morgan fingerprint density at radius 3 is 2.29 bits per heavy atom. The molecule has 0 radical (unpaired) electrons. The first-order valence-corrected chi connectivity index (χ1v) is 5.20. The minimum Gasteiger partial charge on any atom is -0.368 e. The van der Waals surface area contributed by atoms with E-state index in [1.807, 2.05) is 37.1 Å². The SMILES string of the molecule is CC(CN)N(C)c1c(Cl)cccc1Cl. The third-order valence-electron chi connectivity index (χ3n) is 2.29. The van der Waals surface area contributed by atoms with Gasteiger partial charge in [0.15, 0.2) is 0 Å². The molecule has 14 heavy (non-hydrogen) atoms. The van der Waals surface area contributed by atoms with Gasteiger partial charge in [-0.2, -0.15) is 0 Å². The van der Waals surface area contributed by atoms with E-state index in [0.717, 1.165) is 5.69 Å². The van der Waals surface area contributed by atoms with E-state index in [1.165, 1.54) is 0 Å². The second-order valence-electron chi connectivity index (χ2n) is 3.27. The normalized spacial score (nSPS) is 12.6. The van der Waals surface area contributed by atoms with Gasteiger partial charge in [0.05, 0.1) is 15.7 Å². The lowest BCUT2D eigenvalue weighted by molar-refractivity contribution is 0.696. The van der Waals surface area contributed by atoms with E-state index in [2.05, 4.69) is 0 Å². The van der Waals surface area contributed by atoms with Crippen LogP contribution in [0.1, 0.15) is 6.92 Å². The van der Waals surface area contributed by atoms with Gasteiger partial charge < -0.3 is 10.6 Å². The standard InChI is InChI=1S/C10H14Cl2N2/c1-7(6-13)14(2)10-8(11)4-3-5-9(10)12/h3-5,7H,6,13H2,1-2H3.